The van der Waals surface area contributed by atoms with Gasteiger partial charge in [0.1, 0.15) is 0 Å². The first-order valence-corrected chi connectivity index (χ1v) is 5.91. The van der Waals surface area contributed by atoms with Gasteiger partial charge in [0.25, 0.3) is 5.91 Å². The zero-order chi connectivity index (χ0) is 13.3. The number of benzene rings is 1. The summed E-state index contributed by atoms with van der Waals surface area (Å²) in [6, 6.07) is 4.51. The fourth-order valence-electron chi connectivity index (χ4n) is 2.06. The maximum absolute atomic E-state index is 12.3. The Hall–Kier alpha value is -1.44. The van der Waals surface area contributed by atoms with Crippen LogP contribution in [0.5, 0.6) is 0 Å². The monoisotopic (exact) mass is 254 g/mol. The van der Waals surface area contributed by atoms with E-state index in [9.17, 15) is 14.7 Å². The molecule has 1 aliphatic heterocycles. The SMILES string of the molecule is CC(C)N1CCNc2cc(C(=O)[O-])ccc2C1=O.[Li+]. The second kappa shape index (κ2) is 6.14. The molecule has 1 aliphatic rings. The summed E-state index contributed by atoms with van der Waals surface area (Å²) in [6.45, 7) is 5.12. The molecule has 0 saturated heterocycles. The minimum Gasteiger partial charge on any atom is -0.545 e. The van der Waals surface area contributed by atoms with Crippen LogP contribution in [-0.4, -0.2) is 35.9 Å². The summed E-state index contributed by atoms with van der Waals surface area (Å²) >= 11 is 0. The van der Waals surface area contributed by atoms with Gasteiger partial charge in [-0.15, -0.1) is 0 Å². The number of hydrogen-bond acceptors (Lipinski definition) is 4. The van der Waals surface area contributed by atoms with Crippen molar-refractivity contribution in [3.05, 3.63) is 29.3 Å². The number of amides is 1. The normalized spacial score (nSPS) is 14.3. The molecule has 96 valence electrons. The van der Waals surface area contributed by atoms with Gasteiger partial charge < -0.3 is 20.1 Å². The van der Waals surface area contributed by atoms with E-state index in [1.807, 2.05) is 13.8 Å². The number of carboxylic acid groups (broad SMARTS) is 1. The van der Waals surface area contributed by atoms with Crippen molar-refractivity contribution in [2.75, 3.05) is 18.4 Å². The smallest absolute Gasteiger partial charge is 0.545 e. The van der Waals surface area contributed by atoms with Crippen LogP contribution >= 0.6 is 0 Å². The van der Waals surface area contributed by atoms with E-state index in [1.54, 1.807) is 4.90 Å². The largest absolute Gasteiger partial charge is 1.00 e. The van der Waals surface area contributed by atoms with E-state index in [2.05, 4.69) is 5.32 Å². The van der Waals surface area contributed by atoms with Gasteiger partial charge in [-0.25, -0.2) is 0 Å². The van der Waals surface area contributed by atoms with Crippen LogP contribution in [0.1, 0.15) is 34.6 Å². The predicted octanol–water partition coefficient (Wildman–Crippen LogP) is -2.67. The second-order valence-electron chi connectivity index (χ2n) is 4.57. The second-order valence-corrected chi connectivity index (χ2v) is 4.57. The average Bonchev–Trinajstić information content (AvgIpc) is 2.48. The molecule has 19 heavy (non-hydrogen) atoms. The van der Waals surface area contributed by atoms with Gasteiger partial charge in [-0.1, -0.05) is 6.07 Å². The van der Waals surface area contributed by atoms with Crippen LogP contribution in [0.15, 0.2) is 18.2 Å². The first kappa shape index (κ1) is 15.6. The van der Waals surface area contributed by atoms with Crippen LogP contribution in [0.2, 0.25) is 0 Å². The van der Waals surface area contributed by atoms with Crippen LogP contribution in [0.3, 0.4) is 0 Å². The van der Waals surface area contributed by atoms with E-state index in [-0.39, 0.29) is 36.4 Å². The van der Waals surface area contributed by atoms with Gasteiger partial charge in [0.05, 0.1) is 11.5 Å². The van der Waals surface area contributed by atoms with Crippen LogP contribution in [0.4, 0.5) is 5.69 Å². The zero-order valence-electron chi connectivity index (χ0n) is 11.4. The van der Waals surface area contributed by atoms with Gasteiger partial charge in [-0.3, -0.25) is 4.79 Å². The van der Waals surface area contributed by atoms with Crippen molar-refractivity contribution < 1.29 is 33.6 Å². The Bertz CT molecular complexity index is 503. The molecule has 1 heterocycles. The maximum Gasteiger partial charge on any atom is 1.00 e. The van der Waals surface area contributed by atoms with Crippen molar-refractivity contribution in [3.63, 3.8) is 0 Å². The van der Waals surface area contributed by atoms with Crippen molar-refractivity contribution in [1.29, 1.82) is 0 Å². The van der Waals surface area contributed by atoms with E-state index in [0.717, 1.165) is 0 Å². The number of carboxylic acids is 1. The fourth-order valence-corrected chi connectivity index (χ4v) is 2.06. The van der Waals surface area contributed by atoms with E-state index < -0.39 is 5.97 Å². The van der Waals surface area contributed by atoms with Gasteiger partial charge in [0, 0.05) is 24.8 Å². The number of aromatic carboxylic acids is 1. The number of anilines is 1. The molecule has 0 saturated carbocycles. The molecule has 2 rings (SSSR count). The van der Waals surface area contributed by atoms with Crippen LogP contribution in [0.25, 0.3) is 0 Å². The third-order valence-electron chi connectivity index (χ3n) is 3.04. The zero-order valence-corrected chi connectivity index (χ0v) is 11.4. The average molecular weight is 254 g/mol. The van der Waals surface area contributed by atoms with Gasteiger partial charge >= 0.3 is 18.9 Å². The number of nitrogens with one attached hydrogen (secondary N) is 1. The van der Waals surface area contributed by atoms with Gasteiger partial charge in [0.2, 0.25) is 0 Å². The van der Waals surface area contributed by atoms with Crippen molar-refractivity contribution >= 4 is 17.6 Å². The summed E-state index contributed by atoms with van der Waals surface area (Å²) in [6.07, 6.45) is 0. The van der Waals surface area contributed by atoms with E-state index in [0.29, 0.717) is 24.3 Å². The molecule has 0 spiro atoms. The molecule has 0 radical (unpaired) electrons. The molecule has 1 amide bonds. The van der Waals surface area contributed by atoms with Gasteiger partial charge in [0.15, 0.2) is 0 Å². The van der Waals surface area contributed by atoms with Crippen LogP contribution < -0.4 is 29.3 Å². The summed E-state index contributed by atoms with van der Waals surface area (Å²) < 4.78 is 0. The van der Waals surface area contributed by atoms with E-state index >= 15 is 0 Å². The third-order valence-corrected chi connectivity index (χ3v) is 3.04. The topological polar surface area (TPSA) is 72.5 Å². The van der Waals surface area contributed by atoms with Crippen molar-refractivity contribution in [2.45, 2.75) is 19.9 Å². The Morgan fingerprint density at radius 2 is 2.11 bits per heavy atom. The summed E-state index contributed by atoms with van der Waals surface area (Å²) in [5, 5.41) is 13.9. The Morgan fingerprint density at radius 3 is 2.68 bits per heavy atom. The first-order chi connectivity index (χ1) is 8.50. The standard InChI is InChI=1S/C13H16N2O3.Li/c1-8(2)15-6-5-14-11-7-9(13(17)18)3-4-10(11)12(15)16;/h3-4,7-8,14H,5-6H2,1-2H3,(H,17,18);/q;+1/p-1. The number of rotatable bonds is 2. The summed E-state index contributed by atoms with van der Waals surface area (Å²) in [5.41, 5.74) is 1.14. The van der Waals surface area contributed by atoms with Gasteiger partial charge in [-0.2, -0.15) is 0 Å². The third kappa shape index (κ3) is 3.12. The Kier molecular flexibility index (Phi) is 5.04. The molecule has 0 aromatic heterocycles. The molecule has 1 N–H and O–H groups in total. The number of hydrogen-bond donors (Lipinski definition) is 1. The van der Waals surface area contributed by atoms with Crippen LogP contribution in [-0.2, 0) is 0 Å². The van der Waals surface area contributed by atoms with E-state index in [1.165, 1.54) is 18.2 Å². The Labute approximate surface area is 124 Å². The molecule has 6 heteroatoms. The number of nitrogens with zero attached hydrogens (tertiary/aromatic N) is 1. The Balaban J connectivity index is 0.00000180. The molecule has 0 unspecified atom stereocenters. The minimum atomic E-state index is -1.24. The van der Waals surface area contributed by atoms with Crippen molar-refractivity contribution in [3.8, 4) is 0 Å². The quantitative estimate of drug-likeness (QED) is 0.584. The molecule has 1 aromatic carbocycles. The molecule has 0 bridgehead atoms. The summed E-state index contributed by atoms with van der Waals surface area (Å²) in [7, 11) is 0. The summed E-state index contributed by atoms with van der Waals surface area (Å²) in [4.78, 5) is 24.8. The summed E-state index contributed by atoms with van der Waals surface area (Å²) in [5.74, 6) is -1.31. The van der Waals surface area contributed by atoms with Gasteiger partial charge in [-0.05, 0) is 31.5 Å². The van der Waals surface area contributed by atoms with Crippen LogP contribution in [0, 0.1) is 0 Å². The molecule has 5 nitrogen and oxygen atoms in total. The first-order valence-electron chi connectivity index (χ1n) is 5.91. The fraction of sp³-hybridized carbons (Fsp3) is 0.385. The predicted molar refractivity (Wildman–Crippen MR) is 65.4 cm³/mol. The molecule has 1 aromatic rings. The molecular weight excluding hydrogens is 239 g/mol. The van der Waals surface area contributed by atoms with Crippen molar-refractivity contribution in [1.82, 2.24) is 4.90 Å². The molecule has 0 fully saturated rings. The van der Waals surface area contributed by atoms with Crippen molar-refractivity contribution in [2.24, 2.45) is 0 Å². The minimum absolute atomic E-state index is 0. The number of carbonyl (C=O) groups excluding carboxylic acids is 2. The number of carbonyl (C=O) groups is 2. The van der Waals surface area contributed by atoms with E-state index in [4.69, 9.17) is 0 Å². The molecule has 0 atom stereocenters. The maximum atomic E-state index is 12.3. The Morgan fingerprint density at radius 1 is 1.42 bits per heavy atom. The molecular formula is C13H15LiN2O3. The molecule has 0 aliphatic carbocycles. The number of fused-ring (bicyclic) bond motifs is 1.